The van der Waals surface area contributed by atoms with Gasteiger partial charge in [0.1, 0.15) is 0 Å². The first-order valence-corrected chi connectivity index (χ1v) is 7.46. The van der Waals surface area contributed by atoms with Crippen LogP contribution in [0.5, 0.6) is 0 Å². The molecular weight excluding hydrogens is 228 g/mol. The van der Waals surface area contributed by atoms with Crippen molar-refractivity contribution in [3.8, 4) is 0 Å². The van der Waals surface area contributed by atoms with Crippen molar-refractivity contribution in [3.63, 3.8) is 0 Å². The van der Waals surface area contributed by atoms with Gasteiger partial charge in [0.2, 0.25) is 0 Å². The predicted octanol–water partition coefficient (Wildman–Crippen LogP) is 2.35. The third-order valence-corrected chi connectivity index (χ3v) is 4.28. The molecule has 1 unspecified atom stereocenters. The first-order valence-electron chi connectivity index (χ1n) is 6.31. The third-order valence-electron chi connectivity index (χ3n) is 3.34. The monoisotopic (exact) mass is 250 g/mol. The molecule has 2 N–H and O–H groups in total. The quantitative estimate of drug-likeness (QED) is 0.893. The molecule has 0 saturated carbocycles. The second-order valence-electron chi connectivity index (χ2n) is 4.82. The number of nitrogens with zero attached hydrogens (tertiary/aromatic N) is 1. The average molecular weight is 250 g/mol. The molecule has 1 saturated heterocycles. The topological polar surface area (TPSA) is 29.3 Å². The molecule has 0 aromatic heterocycles. The van der Waals surface area contributed by atoms with Gasteiger partial charge in [-0.05, 0) is 19.4 Å². The molecule has 2 rings (SSSR count). The van der Waals surface area contributed by atoms with Gasteiger partial charge in [-0.1, -0.05) is 29.3 Å². The molecule has 2 nitrogen and oxygen atoms in total. The van der Waals surface area contributed by atoms with E-state index in [2.05, 4.69) is 36.9 Å². The van der Waals surface area contributed by atoms with E-state index in [1.54, 1.807) is 0 Å². The van der Waals surface area contributed by atoms with Crippen molar-refractivity contribution < 1.29 is 0 Å². The van der Waals surface area contributed by atoms with Crippen molar-refractivity contribution in [1.82, 2.24) is 4.90 Å². The molecule has 0 spiro atoms. The molecule has 1 atom stereocenters. The lowest BCUT2D eigenvalue weighted by molar-refractivity contribution is 0.223. The van der Waals surface area contributed by atoms with Crippen LogP contribution >= 0.6 is 11.8 Å². The SMILES string of the molecule is Cc1cc(C)cc(C(CN)N2CCSCC2)c1. The Morgan fingerprint density at radius 3 is 2.29 bits per heavy atom. The minimum atomic E-state index is 0.398. The Labute approximate surface area is 109 Å². The van der Waals surface area contributed by atoms with Crippen LogP contribution in [0.3, 0.4) is 0 Å². The molecule has 0 bridgehead atoms. The summed E-state index contributed by atoms with van der Waals surface area (Å²) in [6.07, 6.45) is 0. The maximum absolute atomic E-state index is 5.99. The average Bonchev–Trinajstić information content (AvgIpc) is 2.30. The standard InChI is InChI=1S/C14H22N2S/c1-11-7-12(2)9-13(8-11)14(10-15)16-3-5-17-6-4-16/h7-9,14H,3-6,10,15H2,1-2H3. The van der Waals surface area contributed by atoms with Crippen LogP contribution < -0.4 is 5.73 Å². The lowest BCUT2D eigenvalue weighted by Crippen LogP contribution is -2.39. The van der Waals surface area contributed by atoms with Crippen LogP contribution in [0.1, 0.15) is 22.7 Å². The van der Waals surface area contributed by atoms with E-state index in [1.807, 2.05) is 11.8 Å². The van der Waals surface area contributed by atoms with E-state index in [-0.39, 0.29) is 0 Å². The normalized spacial score (nSPS) is 19.2. The van der Waals surface area contributed by atoms with Gasteiger partial charge < -0.3 is 5.73 Å². The van der Waals surface area contributed by atoms with E-state index < -0.39 is 0 Å². The van der Waals surface area contributed by atoms with Gasteiger partial charge in [-0.25, -0.2) is 0 Å². The van der Waals surface area contributed by atoms with Crippen LogP contribution in [0.25, 0.3) is 0 Å². The summed E-state index contributed by atoms with van der Waals surface area (Å²) in [5.41, 5.74) is 10.0. The van der Waals surface area contributed by atoms with Crippen LogP contribution in [0.2, 0.25) is 0 Å². The molecule has 1 aliphatic rings. The molecule has 1 aromatic rings. The van der Waals surface area contributed by atoms with Crippen molar-refractivity contribution in [1.29, 1.82) is 0 Å². The van der Waals surface area contributed by atoms with Crippen LogP contribution in [0.4, 0.5) is 0 Å². The summed E-state index contributed by atoms with van der Waals surface area (Å²) in [6.45, 7) is 7.37. The Morgan fingerprint density at radius 1 is 1.18 bits per heavy atom. The van der Waals surface area contributed by atoms with E-state index in [9.17, 15) is 0 Å². The molecule has 3 heteroatoms. The zero-order valence-corrected chi connectivity index (χ0v) is 11.6. The number of nitrogens with two attached hydrogens (primary N) is 1. The van der Waals surface area contributed by atoms with Crippen LogP contribution in [-0.4, -0.2) is 36.0 Å². The number of benzene rings is 1. The first-order chi connectivity index (χ1) is 8.20. The van der Waals surface area contributed by atoms with Gasteiger partial charge in [-0.3, -0.25) is 4.90 Å². The third kappa shape index (κ3) is 3.24. The fourth-order valence-electron chi connectivity index (χ4n) is 2.59. The molecule has 1 fully saturated rings. The van der Waals surface area contributed by atoms with Crippen LogP contribution in [-0.2, 0) is 0 Å². The molecule has 94 valence electrons. The van der Waals surface area contributed by atoms with Gasteiger partial charge >= 0.3 is 0 Å². The Bertz CT molecular complexity index is 352. The second kappa shape index (κ2) is 5.89. The molecule has 1 heterocycles. The fraction of sp³-hybridized carbons (Fsp3) is 0.571. The Hall–Kier alpha value is -0.510. The zero-order chi connectivity index (χ0) is 12.3. The summed E-state index contributed by atoms with van der Waals surface area (Å²) in [6, 6.07) is 7.19. The summed E-state index contributed by atoms with van der Waals surface area (Å²) >= 11 is 2.05. The van der Waals surface area contributed by atoms with E-state index in [1.165, 1.54) is 41.3 Å². The van der Waals surface area contributed by atoms with Crippen molar-refractivity contribution in [3.05, 3.63) is 34.9 Å². The van der Waals surface area contributed by atoms with E-state index in [4.69, 9.17) is 5.73 Å². The molecule has 0 aliphatic carbocycles. The Kier molecular flexibility index (Phi) is 4.48. The lowest BCUT2D eigenvalue weighted by atomic mass is 10.00. The largest absolute Gasteiger partial charge is 0.329 e. The van der Waals surface area contributed by atoms with Gasteiger partial charge in [-0.15, -0.1) is 0 Å². The van der Waals surface area contributed by atoms with Gasteiger partial charge in [0, 0.05) is 37.2 Å². The van der Waals surface area contributed by atoms with Crippen molar-refractivity contribution in [2.75, 3.05) is 31.1 Å². The molecule has 17 heavy (non-hydrogen) atoms. The molecule has 0 amide bonds. The Balaban J connectivity index is 2.21. The summed E-state index contributed by atoms with van der Waals surface area (Å²) in [5, 5.41) is 0. The highest BCUT2D eigenvalue weighted by Crippen LogP contribution is 2.24. The lowest BCUT2D eigenvalue weighted by Gasteiger charge is -2.34. The number of rotatable bonds is 3. The zero-order valence-electron chi connectivity index (χ0n) is 10.8. The van der Waals surface area contributed by atoms with E-state index in [0.717, 1.165) is 0 Å². The summed E-state index contributed by atoms with van der Waals surface area (Å²) in [7, 11) is 0. The number of aryl methyl sites for hydroxylation is 2. The smallest absolute Gasteiger partial charge is 0.0471 e. The highest BCUT2D eigenvalue weighted by Gasteiger charge is 2.21. The minimum absolute atomic E-state index is 0.398. The molecule has 0 radical (unpaired) electrons. The predicted molar refractivity (Wildman–Crippen MR) is 76.6 cm³/mol. The highest BCUT2D eigenvalue weighted by atomic mass is 32.2. The maximum Gasteiger partial charge on any atom is 0.0471 e. The van der Waals surface area contributed by atoms with Gasteiger partial charge in [0.05, 0.1) is 0 Å². The Morgan fingerprint density at radius 2 is 1.76 bits per heavy atom. The second-order valence-corrected chi connectivity index (χ2v) is 6.05. The molecule has 1 aliphatic heterocycles. The van der Waals surface area contributed by atoms with Crippen molar-refractivity contribution in [2.45, 2.75) is 19.9 Å². The van der Waals surface area contributed by atoms with Crippen LogP contribution in [0, 0.1) is 13.8 Å². The van der Waals surface area contributed by atoms with Crippen LogP contribution in [0.15, 0.2) is 18.2 Å². The summed E-state index contributed by atoms with van der Waals surface area (Å²) in [5.74, 6) is 2.47. The molecule has 1 aromatic carbocycles. The van der Waals surface area contributed by atoms with E-state index in [0.29, 0.717) is 12.6 Å². The van der Waals surface area contributed by atoms with Crippen molar-refractivity contribution in [2.24, 2.45) is 5.73 Å². The number of thioether (sulfide) groups is 1. The van der Waals surface area contributed by atoms with Gasteiger partial charge in [-0.2, -0.15) is 11.8 Å². The van der Waals surface area contributed by atoms with Crippen molar-refractivity contribution >= 4 is 11.8 Å². The maximum atomic E-state index is 5.99. The minimum Gasteiger partial charge on any atom is -0.329 e. The van der Waals surface area contributed by atoms with Gasteiger partial charge in [0.15, 0.2) is 0 Å². The fourth-order valence-corrected chi connectivity index (χ4v) is 3.52. The first kappa shape index (κ1) is 12.9. The van der Waals surface area contributed by atoms with Gasteiger partial charge in [0.25, 0.3) is 0 Å². The summed E-state index contributed by atoms with van der Waals surface area (Å²) < 4.78 is 0. The number of hydrogen-bond donors (Lipinski definition) is 1. The van der Waals surface area contributed by atoms with E-state index >= 15 is 0 Å². The highest BCUT2D eigenvalue weighted by molar-refractivity contribution is 7.99. The summed E-state index contributed by atoms with van der Waals surface area (Å²) in [4.78, 5) is 2.53. The molecular formula is C14H22N2S. The number of hydrogen-bond acceptors (Lipinski definition) is 3.